The molecule has 0 aliphatic carbocycles. The number of esters is 1. The van der Waals surface area contributed by atoms with E-state index in [2.05, 4.69) is 14.8 Å². The normalized spacial score (nSPS) is 10.1. The second kappa shape index (κ2) is 5.96. The number of carbonyl (C=O) groups is 2. The van der Waals surface area contributed by atoms with E-state index in [0.717, 1.165) is 0 Å². The van der Waals surface area contributed by atoms with Gasteiger partial charge in [0, 0.05) is 23.5 Å². The number of nitrogens with zero attached hydrogens (tertiary/aromatic N) is 3. The number of rotatable bonds is 5. The molecule has 0 amide bonds. The molecule has 0 aliphatic heterocycles. The Morgan fingerprint density at radius 3 is 2.90 bits per heavy atom. The molecule has 7 heteroatoms. The zero-order valence-corrected chi connectivity index (χ0v) is 11.1. The van der Waals surface area contributed by atoms with E-state index < -0.39 is 5.97 Å². The highest BCUT2D eigenvalue weighted by Crippen LogP contribution is 2.27. The predicted molar refractivity (Wildman–Crippen MR) is 69.4 cm³/mol. The average molecular weight is 275 g/mol. The summed E-state index contributed by atoms with van der Waals surface area (Å²) in [5.41, 5.74) is 1.67. The van der Waals surface area contributed by atoms with Crippen LogP contribution >= 0.6 is 0 Å². The summed E-state index contributed by atoms with van der Waals surface area (Å²) in [4.78, 5) is 26.3. The minimum absolute atomic E-state index is 0.00907. The van der Waals surface area contributed by atoms with Gasteiger partial charge < -0.3 is 9.47 Å². The van der Waals surface area contributed by atoms with Gasteiger partial charge in [-0.25, -0.2) is 4.98 Å². The lowest BCUT2D eigenvalue weighted by atomic mass is 10.1. The first-order chi connectivity index (χ1) is 9.69. The Morgan fingerprint density at radius 1 is 1.45 bits per heavy atom. The number of hydrogen-bond donors (Lipinski definition) is 0. The molecule has 0 fully saturated rings. The van der Waals surface area contributed by atoms with E-state index in [9.17, 15) is 9.59 Å². The van der Waals surface area contributed by atoms with Gasteiger partial charge >= 0.3 is 5.97 Å². The maximum atomic E-state index is 11.2. The number of methoxy groups -OCH3 is 2. The monoisotopic (exact) mass is 275 g/mol. The van der Waals surface area contributed by atoms with Gasteiger partial charge in [-0.2, -0.15) is 5.10 Å². The van der Waals surface area contributed by atoms with Crippen molar-refractivity contribution in [2.75, 3.05) is 14.2 Å². The Balaban J connectivity index is 2.37. The molecular formula is C13H13N3O4. The van der Waals surface area contributed by atoms with E-state index >= 15 is 0 Å². The standard InChI is InChI=1S/C13H13N3O4/c1-19-12(18)7-16-6-9(5-15-16)10-3-4-14-13(20-2)11(10)8-17/h3-6,8H,7H2,1-2H3. The fraction of sp³-hybridized carbons (Fsp3) is 0.231. The molecule has 2 aromatic heterocycles. The van der Waals surface area contributed by atoms with Gasteiger partial charge in [-0.05, 0) is 6.07 Å². The quantitative estimate of drug-likeness (QED) is 0.596. The molecule has 0 atom stereocenters. The first kappa shape index (κ1) is 13.7. The molecule has 0 aliphatic rings. The molecule has 0 radical (unpaired) electrons. The number of ether oxygens (including phenoxy) is 2. The highest BCUT2D eigenvalue weighted by Gasteiger charge is 2.13. The van der Waals surface area contributed by atoms with E-state index in [1.165, 1.54) is 18.9 Å². The maximum Gasteiger partial charge on any atom is 0.327 e. The molecule has 0 saturated heterocycles. The lowest BCUT2D eigenvalue weighted by molar-refractivity contribution is -0.141. The number of aldehydes is 1. The van der Waals surface area contributed by atoms with Crippen LogP contribution in [0.1, 0.15) is 10.4 Å². The van der Waals surface area contributed by atoms with E-state index in [0.29, 0.717) is 23.0 Å². The minimum Gasteiger partial charge on any atom is -0.480 e. The van der Waals surface area contributed by atoms with Crippen LogP contribution in [0.15, 0.2) is 24.7 Å². The third-order valence-electron chi connectivity index (χ3n) is 2.73. The molecule has 0 spiro atoms. The van der Waals surface area contributed by atoms with Crippen LogP contribution in [0.5, 0.6) is 5.88 Å². The zero-order chi connectivity index (χ0) is 14.5. The summed E-state index contributed by atoms with van der Waals surface area (Å²) in [6, 6.07) is 1.69. The lowest BCUT2D eigenvalue weighted by Crippen LogP contribution is -2.11. The Labute approximate surface area is 115 Å². The van der Waals surface area contributed by atoms with Crippen LogP contribution in [0, 0.1) is 0 Å². The van der Waals surface area contributed by atoms with Crippen molar-refractivity contribution in [1.29, 1.82) is 0 Å². The van der Waals surface area contributed by atoms with Crippen molar-refractivity contribution in [3.63, 3.8) is 0 Å². The molecule has 0 N–H and O–H groups in total. The fourth-order valence-corrected chi connectivity index (χ4v) is 1.77. The summed E-state index contributed by atoms with van der Waals surface area (Å²) in [7, 11) is 2.75. The van der Waals surface area contributed by atoms with Gasteiger partial charge in [-0.1, -0.05) is 0 Å². The van der Waals surface area contributed by atoms with Gasteiger partial charge in [-0.15, -0.1) is 0 Å². The summed E-state index contributed by atoms with van der Waals surface area (Å²) in [6.45, 7) is 0.00907. The molecule has 20 heavy (non-hydrogen) atoms. The van der Waals surface area contributed by atoms with Crippen LogP contribution in [0.4, 0.5) is 0 Å². The molecule has 0 saturated carbocycles. The first-order valence-corrected chi connectivity index (χ1v) is 5.77. The molecule has 0 bridgehead atoms. The maximum absolute atomic E-state index is 11.2. The van der Waals surface area contributed by atoms with Gasteiger partial charge in [0.25, 0.3) is 0 Å². The molecule has 2 aromatic rings. The molecule has 2 rings (SSSR count). The first-order valence-electron chi connectivity index (χ1n) is 5.77. The number of carbonyl (C=O) groups excluding carboxylic acids is 2. The van der Waals surface area contributed by atoms with Gasteiger partial charge in [0.05, 0.1) is 26.0 Å². The number of hydrogen-bond acceptors (Lipinski definition) is 6. The third-order valence-corrected chi connectivity index (χ3v) is 2.73. The Bertz CT molecular complexity index is 636. The van der Waals surface area contributed by atoms with Gasteiger partial charge in [0.2, 0.25) is 5.88 Å². The van der Waals surface area contributed by atoms with E-state index in [1.807, 2.05) is 0 Å². The third kappa shape index (κ3) is 2.66. The van der Waals surface area contributed by atoms with Crippen LogP contribution in [0.3, 0.4) is 0 Å². The smallest absolute Gasteiger partial charge is 0.327 e. The van der Waals surface area contributed by atoms with Gasteiger partial charge in [0.15, 0.2) is 6.29 Å². The summed E-state index contributed by atoms with van der Waals surface area (Å²) in [5.74, 6) is -0.152. The van der Waals surface area contributed by atoms with Crippen molar-refractivity contribution >= 4 is 12.3 Å². The topological polar surface area (TPSA) is 83.3 Å². The van der Waals surface area contributed by atoms with Crippen molar-refractivity contribution in [2.45, 2.75) is 6.54 Å². The van der Waals surface area contributed by atoms with Gasteiger partial charge in [0.1, 0.15) is 6.54 Å². The van der Waals surface area contributed by atoms with Gasteiger partial charge in [-0.3, -0.25) is 14.3 Å². The van der Waals surface area contributed by atoms with Crippen LogP contribution in [-0.4, -0.2) is 41.2 Å². The Morgan fingerprint density at radius 2 is 2.25 bits per heavy atom. The number of aromatic nitrogens is 3. The summed E-state index contributed by atoms with van der Waals surface area (Å²) < 4.78 is 11.0. The lowest BCUT2D eigenvalue weighted by Gasteiger charge is -2.06. The van der Waals surface area contributed by atoms with Crippen LogP contribution in [0.2, 0.25) is 0 Å². The molecule has 7 nitrogen and oxygen atoms in total. The molecule has 0 unspecified atom stereocenters. The van der Waals surface area contributed by atoms with Crippen LogP contribution in [-0.2, 0) is 16.1 Å². The average Bonchev–Trinajstić information content (AvgIpc) is 2.94. The van der Waals surface area contributed by atoms with Crippen molar-refractivity contribution < 1.29 is 19.1 Å². The highest BCUT2D eigenvalue weighted by atomic mass is 16.5. The highest BCUT2D eigenvalue weighted by molar-refractivity contribution is 5.89. The Hall–Kier alpha value is -2.70. The fourth-order valence-electron chi connectivity index (χ4n) is 1.77. The van der Waals surface area contributed by atoms with E-state index in [4.69, 9.17) is 4.74 Å². The van der Waals surface area contributed by atoms with Crippen LogP contribution in [0.25, 0.3) is 11.1 Å². The number of pyridine rings is 1. The summed E-state index contributed by atoms with van der Waals surface area (Å²) in [6.07, 6.45) is 5.43. The van der Waals surface area contributed by atoms with Crippen LogP contribution < -0.4 is 4.74 Å². The summed E-state index contributed by atoms with van der Waals surface area (Å²) in [5, 5.41) is 4.05. The molecule has 104 valence electrons. The second-order valence-electron chi connectivity index (χ2n) is 3.90. The molecule has 0 aromatic carbocycles. The van der Waals surface area contributed by atoms with E-state index in [1.54, 1.807) is 24.7 Å². The summed E-state index contributed by atoms with van der Waals surface area (Å²) >= 11 is 0. The zero-order valence-electron chi connectivity index (χ0n) is 11.1. The SMILES string of the molecule is COC(=O)Cn1cc(-c2ccnc(OC)c2C=O)cn1. The van der Waals surface area contributed by atoms with Crippen molar-refractivity contribution in [3.05, 3.63) is 30.2 Å². The Kier molecular flexibility index (Phi) is 4.09. The molecular weight excluding hydrogens is 262 g/mol. The van der Waals surface area contributed by atoms with Crippen molar-refractivity contribution in [2.24, 2.45) is 0 Å². The van der Waals surface area contributed by atoms with Crippen molar-refractivity contribution in [3.8, 4) is 17.0 Å². The largest absolute Gasteiger partial charge is 0.480 e. The van der Waals surface area contributed by atoms with Crippen molar-refractivity contribution in [1.82, 2.24) is 14.8 Å². The predicted octanol–water partition coefficient (Wildman–Crippen LogP) is 0.939. The molecule has 2 heterocycles. The second-order valence-corrected chi connectivity index (χ2v) is 3.90. The minimum atomic E-state index is -0.400. The van der Waals surface area contributed by atoms with E-state index in [-0.39, 0.29) is 12.4 Å².